The highest BCUT2D eigenvalue weighted by atomic mass is 35.5. The SMILES string of the molecule is Cc1cc(C)c(NC(=O)[C@H]2CCCN(S(=O)(=O)c3ccc(C)s3)C2)c(Cl)c1. The second-order valence-electron chi connectivity index (χ2n) is 7.00. The summed E-state index contributed by atoms with van der Waals surface area (Å²) in [5, 5.41) is 3.40. The number of piperidine rings is 1. The molecular weight excluding hydrogens is 404 g/mol. The molecule has 3 rings (SSSR count). The van der Waals surface area contributed by atoms with Gasteiger partial charge in [-0.2, -0.15) is 4.31 Å². The number of aryl methyl sites for hydroxylation is 3. The van der Waals surface area contributed by atoms with Crippen LogP contribution in [-0.2, 0) is 14.8 Å². The van der Waals surface area contributed by atoms with Gasteiger partial charge in [0.25, 0.3) is 10.0 Å². The van der Waals surface area contributed by atoms with Gasteiger partial charge in [-0.15, -0.1) is 11.3 Å². The maximum atomic E-state index is 12.9. The molecule has 0 unspecified atom stereocenters. The lowest BCUT2D eigenvalue weighted by Gasteiger charge is -2.31. The van der Waals surface area contributed by atoms with Crippen LogP contribution in [-0.4, -0.2) is 31.7 Å². The van der Waals surface area contributed by atoms with Crippen LogP contribution in [0.5, 0.6) is 0 Å². The largest absolute Gasteiger partial charge is 0.324 e. The smallest absolute Gasteiger partial charge is 0.252 e. The summed E-state index contributed by atoms with van der Waals surface area (Å²) in [6, 6.07) is 7.20. The van der Waals surface area contributed by atoms with Gasteiger partial charge in [0.1, 0.15) is 4.21 Å². The molecule has 8 heteroatoms. The van der Waals surface area contributed by atoms with Crippen LogP contribution in [0, 0.1) is 26.7 Å². The van der Waals surface area contributed by atoms with Crippen LogP contribution in [0.1, 0.15) is 28.8 Å². The molecule has 2 aromatic rings. The molecule has 1 fully saturated rings. The number of hydrogen-bond acceptors (Lipinski definition) is 4. The van der Waals surface area contributed by atoms with E-state index >= 15 is 0 Å². The molecule has 0 aliphatic carbocycles. The molecule has 146 valence electrons. The Morgan fingerprint density at radius 2 is 2.00 bits per heavy atom. The fourth-order valence-corrected chi connectivity index (χ4v) is 6.68. The van der Waals surface area contributed by atoms with Gasteiger partial charge in [-0.1, -0.05) is 17.7 Å². The van der Waals surface area contributed by atoms with Crippen molar-refractivity contribution in [2.24, 2.45) is 5.92 Å². The number of halogens is 1. The number of nitrogens with zero attached hydrogens (tertiary/aromatic N) is 1. The van der Waals surface area contributed by atoms with Crippen LogP contribution in [0.4, 0.5) is 5.69 Å². The van der Waals surface area contributed by atoms with Gasteiger partial charge in [-0.25, -0.2) is 8.42 Å². The van der Waals surface area contributed by atoms with E-state index in [0.717, 1.165) is 16.0 Å². The number of carbonyl (C=O) groups is 1. The molecule has 1 saturated heterocycles. The molecule has 0 radical (unpaired) electrons. The first-order chi connectivity index (χ1) is 12.7. The van der Waals surface area contributed by atoms with Crippen LogP contribution in [0.3, 0.4) is 0 Å². The molecular formula is C19H23ClN2O3S2. The van der Waals surface area contributed by atoms with E-state index in [-0.39, 0.29) is 12.5 Å². The van der Waals surface area contributed by atoms with E-state index < -0.39 is 15.9 Å². The highest BCUT2D eigenvalue weighted by molar-refractivity contribution is 7.91. The summed E-state index contributed by atoms with van der Waals surface area (Å²) >= 11 is 7.54. The predicted molar refractivity (Wildman–Crippen MR) is 110 cm³/mol. The standard InChI is InChI=1S/C19H23ClN2O3S2/c1-12-9-13(2)18(16(20)10-12)21-19(23)15-5-4-8-22(11-15)27(24,25)17-7-6-14(3)26-17/h6-7,9-10,15H,4-5,8,11H2,1-3H3,(H,21,23)/t15-/m0/s1. The van der Waals surface area contributed by atoms with Gasteiger partial charge in [-0.05, 0) is 62.9 Å². The quantitative estimate of drug-likeness (QED) is 0.789. The van der Waals surface area contributed by atoms with Gasteiger partial charge in [0, 0.05) is 18.0 Å². The first-order valence-electron chi connectivity index (χ1n) is 8.82. The average Bonchev–Trinajstić information content (AvgIpc) is 3.05. The van der Waals surface area contributed by atoms with E-state index in [9.17, 15) is 13.2 Å². The molecule has 0 saturated carbocycles. The zero-order valence-electron chi connectivity index (χ0n) is 15.6. The molecule has 0 spiro atoms. The molecule has 1 amide bonds. The van der Waals surface area contributed by atoms with Crippen molar-refractivity contribution < 1.29 is 13.2 Å². The van der Waals surface area contributed by atoms with E-state index in [2.05, 4.69) is 5.32 Å². The van der Waals surface area contributed by atoms with E-state index in [1.54, 1.807) is 18.2 Å². The van der Waals surface area contributed by atoms with Gasteiger partial charge in [0.2, 0.25) is 5.91 Å². The molecule has 2 heterocycles. The number of nitrogens with one attached hydrogen (secondary N) is 1. The van der Waals surface area contributed by atoms with Crippen LogP contribution in [0.2, 0.25) is 5.02 Å². The summed E-state index contributed by atoms with van der Waals surface area (Å²) < 4.78 is 27.5. The molecule has 1 aliphatic rings. The van der Waals surface area contributed by atoms with E-state index in [1.807, 2.05) is 26.8 Å². The molecule has 1 aromatic carbocycles. The Hall–Kier alpha value is -1.41. The van der Waals surface area contributed by atoms with Gasteiger partial charge in [0.15, 0.2) is 0 Å². The van der Waals surface area contributed by atoms with Crippen LogP contribution in [0.15, 0.2) is 28.5 Å². The molecule has 1 aromatic heterocycles. The molecule has 27 heavy (non-hydrogen) atoms. The summed E-state index contributed by atoms with van der Waals surface area (Å²) in [5.41, 5.74) is 2.51. The minimum Gasteiger partial charge on any atom is -0.324 e. The molecule has 0 bridgehead atoms. The highest BCUT2D eigenvalue weighted by Crippen LogP contribution is 2.31. The van der Waals surface area contributed by atoms with E-state index in [0.29, 0.717) is 34.3 Å². The Labute approximate surface area is 169 Å². The molecule has 1 aliphatic heterocycles. The first kappa shape index (κ1) is 20.3. The number of sulfonamides is 1. The minimum absolute atomic E-state index is 0.188. The topological polar surface area (TPSA) is 66.5 Å². The van der Waals surface area contributed by atoms with Crippen molar-refractivity contribution in [2.75, 3.05) is 18.4 Å². The monoisotopic (exact) mass is 426 g/mol. The second-order valence-corrected chi connectivity index (χ2v) is 10.9. The lowest BCUT2D eigenvalue weighted by atomic mass is 9.98. The Kier molecular flexibility index (Phi) is 5.96. The third-order valence-corrected chi connectivity index (χ3v) is 8.38. The molecule has 1 atom stereocenters. The van der Waals surface area contributed by atoms with Crippen molar-refractivity contribution >= 4 is 44.6 Å². The van der Waals surface area contributed by atoms with Gasteiger partial charge in [0.05, 0.1) is 16.6 Å². The fourth-order valence-electron chi connectivity index (χ4n) is 3.35. The first-order valence-corrected chi connectivity index (χ1v) is 11.5. The summed E-state index contributed by atoms with van der Waals surface area (Å²) in [7, 11) is -3.56. The summed E-state index contributed by atoms with van der Waals surface area (Å²) in [6.45, 7) is 6.34. The number of carbonyl (C=O) groups excluding carboxylic acids is 1. The fraction of sp³-hybridized carbons (Fsp3) is 0.421. The number of amides is 1. The van der Waals surface area contributed by atoms with Gasteiger partial charge in [-0.3, -0.25) is 4.79 Å². The Morgan fingerprint density at radius 1 is 1.26 bits per heavy atom. The van der Waals surface area contributed by atoms with Gasteiger partial charge >= 0.3 is 0 Å². The van der Waals surface area contributed by atoms with Crippen LogP contribution >= 0.6 is 22.9 Å². The normalized spacial score (nSPS) is 18.4. The molecule has 5 nitrogen and oxygen atoms in total. The number of rotatable bonds is 4. The highest BCUT2D eigenvalue weighted by Gasteiger charge is 2.34. The maximum Gasteiger partial charge on any atom is 0.252 e. The third kappa shape index (κ3) is 4.37. The lowest BCUT2D eigenvalue weighted by molar-refractivity contribution is -0.120. The maximum absolute atomic E-state index is 12.9. The van der Waals surface area contributed by atoms with Crippen molar-refractivity contribution in [3.63, 3.8) is 0 Å². The summed E-state index contributed by atoms with van der Waals surface area (Å²) in [6.07, 6.45) is 1.31. The van der Waals surface area contributed by atoms with Crippen molar-refractivity contribution in [2.45, 2.75) is 37.8 Å². The number of thiophene rings is 1. The Morgan fingerprint density at radius 3 is 2.63 bits per heavy atom. The van der Waals surface area contributed by atoms with Crippen molar-refractivity contribution in [1.29, 1.82) is 0 Å². The van der Waals surface area contributed by atoms with Crippen LogP contribution in [0.25, 0.3) is 0 Å². The number of hydrogen-bond donors (Lipinski definition) is 1. The van der Waals surface area contributed by atoms with Gasteiger partial charge < -0.3 is 5.32 Å². The summed E-state index contributed by atoms with van der Waals surface area (Å²) in [5.74, 6) is -0.586. The van der Waals surface area contributed by atoms with Crippen molar-refractivity contribution in [1.82, 2.24) is 4.31 Å². The van der Waals surface area contributed by atoms with Crippen molar-refractivity contribution in [3.05, 3.63) is 45.3 Å². The Bertz CT molecular complexity index is 946. The zero-order chi connectivity index (χ0) is 19.8. The van der Waals surface area contributed by atoms with E-state index in [1.165, 1.54) is 15.6 Å². The minimum atomic E-state index is -3.56. The predicted octanol–water partition coefficient (Wildman–Crippen LogP) is 4.37. The van der Waals surface area contributed by atoms with Crippen molar-refractivity contribution in [3.8, 4) is 0 Å². The average molecular weight is 427 g/mol. The lowest BCUT2D eigenvalue weighted by Crippen LogP contribution is -2.43. The molecule has 1 N–H and O–H groups in total. The number of anilines is 1. The Balaban J connectivity index is 1.75. The third-order valence-electron chi connectivity index (χ3n) is 4.74. The zero-order valence-corrected chi connectivity index (χ0v) is 18.0. The van der Waals surface area contributed by atoms with E-state index in [4.69, 9.17) is 11.6 Å². The second kappa shape index (κ2) is 7.91. The number of benzene rings is 1. The summed E-state index contributed by atoms with van der Waals surface area (Å²) in [4.78, 5) is 13.7. The van der Waals surface area contributed by atoms with Crippen LogP contribution < -0.4 is 5.32 Å².